The Kier molecular flexibility index (Phi) is 7.84. The third kappa shape index (κ3) is 6.87. The second-order valence-corrected chi connectivity index (χ2v) is 7.02. The van der Waals surface area contributed by atoms with Gasteiger partial charge in [0.2, 0.25) is 5.91 Å². The fourth-order valence-electron chi connectivity index (χ4n) is 2.29. The summed E-state index contributed by atoms with van der Waals surface area (Å²) >= 11 is 11.7. The summed E-state index contributed by atoms with van der Waals surface area (Å²) in [7, 11) is 0. The molecule has 0 saturated carbocycles. The van der Waals surface area contributed by atoms with Gasteiger partial charge in [0, 0.05) is 17.8 Å². The summed E-state index contributed by atoms with van der Waals surface area (Å²) in [6.07, 6.45) is -0.169. The number of ether oxygens (including phenoxy) is 1. The number of halogens is 2. The minimum atomic E-state index is -0.639. The first-order valence-corrected chi connectivity index (χ1v) is 9.28. The van der Waals surface area contributed by atoms with Crippen LogP contribution in [-0.2, 0) is 19.1 Å². The zero-order valence-corrected chi connectivity index (χ0v) is 17.0. The molecule has 0 unspecified atom stereocenters. The molecule has 28 heavy (non-hydrogen) atoms. The van der Waals surface area contributed by atoms with Crippen molar-refractivity contribution in [3.8, 4) is 0 Å². The molecule has 0 bridgehead atoms. The minimum Gasteiger partial charge on any atom is -0.456 e. The molecule has 6 nitrogen and oxygen atoms in total. The predicted molar refractivity (Wildman–Crippen MR) is 110 cm³/mol. The summed E-state index contributed by atoms with van der Waals surface area (Å²) in [6, 6.07) is 10.3. The number of nitrogens with one attached hydrogen (secondary N) is 2. The van der Waals surface area contributed by atoms with Gasteiger partial charge in [-0.25, -0.2) is 0 Å². The van der Waals surface area contributed by atoms with Crippen LogP contribution in [0.2, 0.25) is 10.0 Å². The summed E-state index contributed by atoms with van der Waals surface area (Å²) in [6.45, 7) is 3.35. The Morgan fingerprint density at radius 1 is 0.893 bits per heavy atom. The second-order valence-electron chi connectivity index (χ2n) is 6.20. The van der Waals surface area contributed by atoms with Crippen LogP contribution in [0.15, 0.2) is 36.4 Å². The lowest BCUT2D eigenvalue weighted by Gasteiger charge is -2.10. The van der Waals surface area contributed by atoms with E-state index in [1.165, 1.54) is 6.07 Å². The Balaban J connectivity index is 1.73. The molecule has 2 amide bonds. The molecule has 0 heterocycles. The van der Waals surface area contributed by atoms with Crippen LogP contribution in [-0.4, -0.2) is 24.4 Å². The Hall–Kier alpha value is -2.57. The number of hydrogen-bond acceptors (Lipinski definition) is 4. The van der Waals surface area contributed by atoms with E-state index in [1.807, 2.05) is 32.0 Å². The van der Waals surface area contributed by atoms with Crippen LogP contribution >= 0.6 is 23.2 Å². The van der Waals surface area contributed by atoms with Crippen LogP contribution in [0.5, 0.6) is 0 Å². The average Bonchev–Trinajstić information content (AvgIpc) is 2.64. The molecular formula is C20H20Cl2N2O4. The largest absolute Gasteiger partial charge is 0.456 e. The minimum absolute atomic E-state index is 0.0410. The molecule has 2 rings (SSSR count). The fraction of sp³-hybridized carbons (Fsp3) is 0.250. The summed E-state index contributed by atoms with van der Waals surface area (Å²) < 4.78 is 4.88. The van der Waals surface area contributed by atoms with E-state index in [9.17, 15) is 14.4 Å². The van der Waals surface area contributed by atoms with Crippen molar-refractivity contribution in [1.29, 1.82) is 0 Å². The number of amides is 2. The topological polar surface area (TPSA) is 84.5 Å². The molecule has 0 aliphatic heterocycles. The lowest BCUT2D eigenvalue weighted by Crippen LogP contribution is -2.21. The van der Waals surface area contributed by atoms with Crippen molar-refractivity contribution in [3.63, 3.8) is 0 Å². The van der Waals surface area contributed by atoms with Gasteiger partial charge in [-0.05, 0) is 49.2 Å². The van der Waals surface area contributed by atoms with Crippen molar-refractivity contribution in [2.45, 2.75) is 26.7 Å². The van der Waals surface area contributed by atoms with Crippen LogP contribution in [0.3, 0.4) is 0 Å². The molecule has 0 radical (unpaired) electrons. The molecule has 0 aliphatic rings. The Morgan fingerprint density at radius 3 is 2.36 bits per heavy atom. The van der Waals surface area contributed by atoms with Crippen molar-refractivity contribution in [2.24, 2.45) is 0 Å². The maximum Gasteiger partial charge on any atom is 0.306 e. The molecule has 0 saturated heterocycles. The van der Waals surface area contributed by atoms with Crippen LogP contribution in [0.4, 0.5) is 11.4 Å². The molecule has 0 atom stereocenters. The smallest absolute Gasteiger partial charge is 0.306 e. The number of benzene rings is 2. The summed E-state index contributed by atoms with van der Waals surface area (Å²) in [5.41, 5.74) is 3.09. The van der Waals surface area contributed by atoms with Crippen LogP contribution in [0.1, 0.15) is 24.0 Å². The highest BCUT2D eigenvalue weighted by atomic mass is 35.5. The highest BCUT2D eigenvalue weighted by molar-refractivity contribution is 6.42. The predicted octanol–water partition coefficient (Wildman–Crippen LogP) is 4.51. The van der Waals surface area contributed by atoms with Gasteiger partial charge in [-0.15, -0.1) is 0 Å². The quantitative estimate of drug-likeness (QED) is 0.642. The first-order chi connectivity index (χ1) is 13.2. The summed E-state index contributed by atoms with van der Waals surface area (Å²) in [5, 5.41) is 5.96. The van der Waals surface area contributed by atoms with E-state index in [2.05, 4.69) is 10.6 Å². The average molecular weight is 423 g/mol. The normalized spacial score (nSPS) is 10.3. The first kappa shape index (κ1) is 21.7. The number of carbonyl (C=O) groups excluding carboxylic acids is 3. The van der Waals surface area contributed by atoms with Crippen molar-refractivity contribution in [2.75, 3.05) is 17.2 Å². The summed E-state index contributed by atoms with van der Waals surface area (Å²) in [5.74, 6) is -1.46. The SMILES string of the molecule is Cc1ccc(C)c(NC(=O)CCC(=O)OCC(=O)Nc2ccc(Cl)c(Cl)c2)c1. The lowest BCUT2D eigenvalue weighted by molar-refractivity contribution is -0.147. The van der Waals surface area contributed by atoms with Gasteiger partial charge in [-0.3, -0.25) is 14.4 Å². The standard InChI is InChI=1S/C20H20Cl2N2O4/c1-12-3-4-13(2)17(9-12)24-18(25)7-8-20(27)28-11-19(26)23-14-5-6-15(21)16(22)10-14/h3-6,9-10H,7-8,11H2,1-2H3,(H,23,26)(H,24,25). The van der Waals surface area contributed by atoms with Gasteiger partial charge in [0.05, 0.1) is 16.5 Å². The van der Waals surface area contributed by atoms with Crippen molar-refractivity contribution in [3.05, 3.63) is 57.6 Å². The van der Waals surface area contributed by atoms with Crippen LogP contribution in [0.25, 0.3) is 0 Å². The summed E-state index contributed by atoms with van der Waals surface area (Å²) in [4.78, 5) is 35.6. The fourth-order valence-corrected chi connectivity index (χ4v) is 2.59. The third-order valence-electron chi connectivity index (χ3n) is 3.79. The van der Waals surface area contributed by atoms with Gasteiger partial charge in [-0.1, -0.05) is 35.3 Å². The molecule has 2 aromatic carbocycles. The van der Waals surface area contributed by atoms with E-state index < -0.39 is 18.5 Å². The van der Waals surface area contributed by atoms with E-state index in [-0.39, 0.29) is 18.7 Å². The van der Waals surface area contributed by atoms with E-state index in [0.29, 0.717) is 21.4 Å². The molecule has 148 valence electrons. The number of rotatable bonds is 7. The number of hydrogen-bond donors (Lipinski definition) is 2. The molecule has 2 aromatic rings. The number of anilines is 2. The number of aryl methyl sites for hydroxylation is 2. The van der Waals surface area contributed by atoms with Gasteiger partial charge in [0.1, 0.15) is 0 Å². The first-order valence-electron chi connectivity index (χ1n) is 8.52. The Morgan fingerprint density at radius 2 is 1.64 bits per heavy atom. The number of esters is 1. The van der Waals surface area contributed by atoms with Crippen LogP contribution in [0, 0.1) is 13.8 Å². The highest BCUT2D eigenvalue weighted by Gasteiger charge is 2.12. The van der Waals surface area contributed by atoms with Crippen LogP contribution < -0.4 is 10.6 Å². The molecule has 0 aromatic heterocycles. The molecule has 0 aliphatic carbocycles. The van der Waals surface area contributed by atoms with Gasteiger partial charge < -0.3 is 15.4 Å². The van der Waals surface area contributed by atoms with Crippen molar-refractivity contribution >= 4 is 52.4 Å². The van der Waals surface area contributed by atoms with Crippen molar-refractivity contribution < 1.29 is 19.1 Å². The van der Waals surface area contributed by atoms with Gasteiger partial charge >= 0.3 is 5.97 Å². The maximum absolute atomic E-state index is 12.0. The molecule has 8 heteroatoms. The van der Waals surface area contributed by atoms with E-state index >= 15 is 0 Å². The maximum atomic E-state index is 12.0. The monoisotopic (exact) mass is 422 g/mol. The van der Waals surface area contributed by atoms with Gasteiger partial charge in [0.15, 0.2) is 6.61 Å². The van der Waals surface area contributed by atoms with Gasteiger partial charge in [-0.2, -0.15) is 0 Å². The molecule has 0 fully saturated rings. The Labute approximate surface area is 173 Å². The molecule has 0 spiro atoms. The second kappa shape index (κ2) is 10.1. The molecular weight excluding hydrogens is 403 g/mol. The van der Waals surface area contributed by atoms with E-state index in [4.69, 9.17) is 27.9 Å². The zero-order valence-electron chi connectivity index (χ0n) is 15.5. The molecule has 2 N–H and O–H groups in total. The third-order valence-corrected chi connectivity index (χ3v) is 4.53. The lowest BCUT2D eigenvalue weighted by atomic mass is 10.1. The van der Waals surface area contributed by atoms with Gasteiger partial charge in [0.25, 0.3) is 5.91 Å². The van der Waals surface area contributed by atoms with E-state index in [1.54, 1.807) is 12.1 Å². The highest BCUT2D eigenvalue weighted by Crippen LogP contribution is 2.24. The van der Waals surface area contributed by atoms with Crippen molar-refractivity contribution in [1.82, 2.24) is 0 Å². The van der Waals surface area contributed by atoms with E-state index in [0.717, 1.165) is 11.1 Å². The number of carbonyl (C=O) groups is 3. The zero-order chi connectivity index (χ0) is 20.7. The Bertz CT molecular complexity index is 900.